The predicted octanol–water partition coefficient (Wildman–Crippen LogP) is 0.529. The number of amides is 1. The molecule has 0 bridgehead atoms. The van der Waals surface area contributed by atoms with E-state index in [2.05, 4.69) is 5.32 Å². The normalized spacial score (nSPS) is 13.5. The lowest BCUT2D eigenvalue weighted by atomic mass is 9.87. The summed E-state index contributed by atoms with van der Waals surface area (Å²) in [6, 6.07) is -0.475. The van der Waals surface area contributed by atoms with Crippen LogP contribution in [0.2, 0.25) is 0 Å². The molecule has 0 rings (SSSR count). The van der Waals surface area contributed by atoms with Gasteiger partial charge in [-0.25, -0.2) is 0 Å². The summed E-state index contributed by atoms with van der Waals surface area (Å²) in [6.07, 6.45) is 0.784. The minimum Gasteiger partial charge on any atom is -0.382 e. The third-order valence-corrected chi connectivity index (χ3v) is 2.41. The van der Waals surface area contributed by atoms with Crippen LogP contribution < -0.4 is 11.1 Å². The second kappa shape index (κ2) is 8.44. The molecule has 0 aliphatic carbocycles. The van der Waals surface area contributed by atoms with Crippen molar-refractivity contribution in [2.75, 3.05) is 33.5 Å². The Hall–Kier alpha value is -0.650. The maximum absolute atomic E-state index is 11.6. The second-order valence-electron chi connectivity index (χ2n) is 5.09. The minimum absolute atomic E-state index is 0.102. The lowest BCUT2D eigenvalue weighted by Crippen LogP contribution is -2.48. The Balaban J connectivity index is 3.52. The SMILES string of the molecule is COCCOCCCNC(=O)[C@H](N)C(C)(C)C. The molecule has 17 heavy (non-hydrogen) atoms. The average Bonchev–Trinajstić information content (AvgIpc) is 2.25. The van der Waals surface area contributed by atoms with Crippen LogP contribution in [0.15, 0.2) is 0 Å². The van der Waals surface area contributed by atoms with Crippen molar-refractivity contribution in [2.24, 2.45) is 11.1 Å². The van der Waals surface area contributed by atoms with Crippen LogP contribution in [0.3, 0.4) is 0 Å². The standard InChI is InChI=1S/C12H26N2O3/c1-12(2,3)10(13)11(15)14-6-5-7-17-9-8-16-4/h10H,5-9,13H2,1-4H3,(H,14,15)/t10-/m0/s1. The highest BCUT2D eigenvalue weighted by molar-refractivity contribution is 5.82. The van der Waals surface area contributed by atoms with E-state index in [4.69, 9.17) is 15.2 Å². The number of methoxy groups -OCH3 is 1. The molecular weight excluding hydrogens is 220 g/mol. The number of rotatable bonds is 8. The molecule has 0 aromatic heterocycles. The first-order chi connectivity index (χ1) is 7.89. The largest absolute Gasteiger partial charge is 0.382 e. The van der Waals surface area contributed by atoms with Gasteiger partial charge < -0.3 is 20.5 Å². The fourth-order valence-electron chi connectivity index (χ4n) is 1.13. The van der Waals surface area contributed by atoms with Crippen molar-refractivity contribution in [1.29, 1.82) is 0 Å². The Morgan fingerprint density at radius 2 is 1.94 bits per heavy atom. The third-order valence-electron chi connectivity index (χ3n) is 2.41. The van der Waals surface area contributed by atoms with E-state index in [9.17, 15) is 4.79 Å². The first kappa shape index (κ1) is 16.4. The smallest absolute Gasteiger partial charge is 0.237 e. The fourth-order valence-corrected chi connectivity index (χ4v) is 1.13. The van der Waals surface area contributed by atoms with Crippen molar-refractivity contribution in [2.45, 2.75) is 33.2 Å². The second-order valence-corrected chi connectivity index (χ2v) is 5.09. The molecule has 0 fully saturated rings. The number of carbonyl (C=O) groups is 1. The quantitative estimate of drug-likeness (QED) is 0.613. The molecule has 102 valence electrons. The molecule has 5 nitrogen and oxygen atoms in total. The highest BCUT2D eigenvalue weighted by atomic mass is 16.5. The number of nitrogens with one attached hydrogen (secondary N) is 1. The van der Waals surface area contributed by atoms with E-state index in [0.29, 0.717) is 26.4 Å². The molecular formula is C12H26N2O3. The topological polar surface area (TPSA) is 73.6 Å². The van der Waals surface area contributed by atoms with E-state index in [1.807, 2.05) is 20.8 Å². The molecule has 1 atom stereocenters. The lowest BCUT2D eigenvalue weighted by Gasteiger charge is -2.25. The van der Waals surface area contributed by atoms with Crippen molar-refractivity contribution in [1.82, 2.24) is 5.32 Å². The van der Waals surface area contributed by atoms with Crippen LogP contribution in [0.4, 0.5) is 0 Å². The first-order valence-corrected chi connectivity index (χ1v) is 5.99. The van der Waals surface area contributed by atoms with Gasteiger partial charge in [-0.2, -0.15) is 0 Å². The highest BCUT2D eigenvalue weighted by Crippen LogP contribution is 2.16. The maximum Gasteiger partial charge on any atom is 0.237 e. The molecule has 0 spiro atoms. The van der Waals surface area contributed by atoms with E-state index >= 15 is 0 Å². The number of hydrogen-bond acceptors (Lipinski definition) is 4. The summed E-state index contributed by atoms with van der Waals surface area (Å²) in [7, 11) is 1.64. The Morgan fingerprint density at radius 3 is 2.47 bits per heavy atom. The van der Waals surface area contributed by atoms with E-state index in [1.165, 1.54) is 0 Å². The van der Waals surface area contributed by atoms with E-state index in [-0.39, 0.29) is 11.3 Å². The maximum atomic E-state index is 11.6. The number of carbonyl (C=O) groups excluding carboxylic acids is 1. The van der Waals surface area contributed by atoms with Crippen LogP contribution in [-0.2, 0) is 14.3 Å². The van der Waals surface area contributed by atoms with Crippen LogP contribution in [-0.4, -0.2) is 45.4 Å². The third kappa shape index (κ3) is 8.12. The zero-order valence-electron chi connectivity index (χ0n) is 11.4. The van der Waals surface area contributed by atoms with Gasteiger partial charge in [0.15, 0.2) is 0 Å². The molecule has 0 unspecified atom stereocenters. The van der Waals surface area contributed by atoms with Crippen molar-refractivity contribution >= 4 is 5.91 Å². The summed E-state index contributed by atoms with van der Waals surface area (Å²) in [6.45, 7) is 8.25. The van der Waals surface area contributed by atoms with Gasteiger partial charge in [0.05, 0.1) is 19.3 Å². The molecule has 0 saturated heterocycles. The Labute approximate surface area is 104 Å². The van der Waals surface area contributed by atoms with E-state index in [1.54, 1.807) is 7.11 Å². The summed E-state index contributed by atoms with van der Waals surface area (Å²) < 4.78 is 10.1. The van der Waals surface area contributed by atoms with Crippen LogP contribution >= 0.6 is 0 Å². The molecule has 0 aromatic carbocycles. The van der Waals surface area contributed by atoms with Gasteiger partial charge in [-0.05, 0) is 11.8 Å². The Bertz CT molecular complexity index is 214. The van der Waals surface area contributed by atoms with E-state index < -0.39 is 6.04 Å². The van der Waals surface area contributed by atoms with Crippen LogP contribution in [0, 0.1) is 5.41 Å². The Kier molecular flexibility index (Phi) is 8.12. The molecule has 1 amide bonds. The summed E-state index contributed by atoms with van der Waals surface area (Å²) in [5, 5.41) is 2.80. The van der Waals surface area contributed by atoms with Crippen molar-refractivity contribution in [3.63, 3.8) is 0 Å². The Morgan fingerprint density at radius 1 is 1.29 bits per heavy atom. The van der Waals surface area contributed by atoms with Gasteiger partial charge in [0, 0.05) is 20.3 Å². The molecule has 0 radical (unpaired) electrons. The van der Waals surface area contributed by atoms with Gasteiger partial charge in [0.2, 0.25) is 5.91 Å². The van der Waals surface area contributed by atoms with Gasteiger partial charge in [-0.15, -0.1) is 0 Å². The van der Waals surface area contributed by atoms with Gasteiger partial charge >= 0.3 is 0 Å². The molecule has 0 heterocycles. The van der Waals surface area contributed by atoms with Gasteiger partial charge in [-0.1, -0.05) is 20.8 Å². The molecule has 5 heteroatoms. The first-order valence-electron chi connectivity index (χ1n) is 5.99. The molecule has 0 saturated carbocycles. The average molecular weight is 246 g/mol. The lowest BCUT2D eigenvalue weighted by molar-refractivity contribution is -0.124. The summed E-state index contributed by atoms with van der Waals surface area (Å²) in [4.78, 5) is 11.6. The van der Waals surface area contributed by atoms with Crippen molar-refractivity contribution < 1.29 is 14.3 Å². The van der Waals surface area contributed by atoms with Crippen LogP contribution in [0.5, 0.6) is 0 Å². The number of hydrogen-bond donors (Lipinski definition) is 2. The number of nitrogens with two attached hydrogens (primary N) is 1. The zero-order chi connectivity index (χ0) is 13.3. The van der Waals surface area contributed by atoms with Crippen molar-refractivity contribution in [3.8, 4) is 0 Å². The minimum atomic E-state index is -0.475. The van der Waals surface area contributed by atoms with Gasteiger partial charge in [-0.3, -0.25) is 4.79 Å². The van der Waals surface area contributed by atoms with Gasteiger partial charge in [0.1, 0.15) is 0 Å². The molecule has 0 aliphatic heterocycles. The zero-order valence-corrected chi connectivity index (χ0v) is 11.4. The summed E-state index contributed by atoms with van der Waals surface area (Å²) in [5.74, 6) is -0.102. The summed E-state index contributed by atoms with van der Waals surface area (Å²) >= 11 is 0. The highest BCUT2D eigenvalue weighted by Gasteiger charge is 2.26. The van der Waals surface area contributed by atoms with Crippen LogP contribution in [0.25, 0.3) is 0 Å². The fraction of sp³-hybridized carbons (Fsp3) is 0.917. The monoisotopic (exact) mass is 246 g/mol. The van der Waals surface area contributed by atoms with E-state index in [0.717, 1.165) is 6.42 Å². The van der Waals surface area contributed by atoms with Gasteiger partial charge in [0.25, 0.3) is 0 Å². The predicted molar refractivity (Wildman–Crippen MR) is 67.8 cm³/mol. The summed E-state index contributed by atoms with van der Waals surface area (Å²) in [5.41, 5.74) is 5.61. The van der Waals surface area contributed by atoms with Crippen LogP contribution in [0.1, 0.15) is 27.2 Å². The molecule has 0 aliphatic rings. The molecule has 0 aromatic rings. The molecule has 3 N–H and O–H groups in total. The number of ether oxygens (including phenoxy) is 2. The van der Waals surface area contributed by atoms with Crippen molar-refractivity contribution in [3.05, 3.63) is 0 Å².